The maximum atomic E-state index is 13.3. The van der Waals surface area contributed by atoms with E-state index in [0.29, 0.717) is 12.6 Å². The molecule has 1 N–H and O–H groups in total. The van der Waals surface area contributed by atoms with Crippen LogP contribution in [0, 0.1) is 5.92 Å². The minimum Gasteiger partial charge on any atom is -0.323 e. The lowest BCUT2D eigenvalue weighted by Gasteiger charge is -2.37. The molecule has 0 bridgehead atoms. The summed E-state index contributed by atoms with van der Waals surface area (Å²) in [6.45, 7) is 3.45. The largest absolute Gasteiger partial charge is 0.326 e. The van der Waals surface area contributed by atoms with Crippen molar-refractivity contribution in [2.45, 2.75) is 50.6 Å². The summed E-state index contributed by atoms with van der Waals surface area (Å²) in [4.78, 5) is 32.5. The number of hydrogen-bond donors (Lipinski definition) is 1. The SMILES string of the molecule is CC1CCC2(CC1)NC(=O)N(CN1CCc3sccc3[C@H]1c1cccs1)C2=O. The first kappa shape index (κ1) is 18.3. The van der Waals surface area contributed by atoms with Crippen molar-refractivity contribution in [2.24, 2.45) is 5.92 Å². The number of urea groups is 1. The zero-order valence-electron chi connectivity index (χ0n) is 16.0. The lowest BCUT2D eigenvalue weighted by molar-refractivity contribution is -0.134. The van der Waals surface area contributed by atoms with Crippen molar-refractivity contribution in [3.05, 3.63) is 44.3 Å². The Labute approximate surface area is 173 Å². The Hall–Kier alpha value is -1.70. The zero-order valence-corrected chi connectivity index (χ0v) is 17.7. The molecule has 1 saturated carbocycles. The normalized spacial score (nSPS) is 30.7. The Kier molecular flexibility index (Phi) is 4.56. The average molecular weight is 416 g/mol. The van der Waals surface area contributed by atoms with E-state index in [1.54, 1.807) is 11.3 Å². The van der Waals surface area contributed by atoms with Crippen molar-refractivity contribution in [1.29, 1.82) is 0 Å². The van der Waals surface area contributed by atoms with Gasteiger partial charge in [-0.2, -0.15) is 0 Å². The van der Waals surface area contributed by atoms with E-state index in [0.717, 1.165) is 38.6 Å². The molecule has 0 unspecified atom stereocenters. The van der Waals surface area contributed by atoms with E-state index in [-0.39, 0.29) is 18.0 Å². The van der Waals surface area contributed by atoms with Gasteiger partial charge in [0.1, 0.15) is 5.54 Å². The first-order chi connectivity index (χ1) is 13.6. The van der Waals surface area contributed by atoms with Gasteiger partial charge in [0.25, 0.3) is 5.91 Å². The number of hydrogen-bond acceptors (Lipinski definition) is 5. The van der Waals surface area contributed by atoms with Gasteiger partial charge in [0.05, 0.1) is 12.7 Å². The second-order valence-corrected chi connectivity index (χ2v) is 10.3. The van der Waals surface area contributed by atoms with E-state index in [4.69, 9.17) is 0 Å². The number of nitrogens with one attached hydrogen (secondary N) is 1. The Bertz CT molecular complexity index is 883. The Balaban J connectivity index is 1.41. The number of carbonyl (C=O) groups excluding carboxylic acids is 2. The third-order valence-corrected chi connectivity index (χ3v) is 8.50. The van der Waals surface area contributed by atoms with Crippen LogP contribution in [-0.4, -0.2) is 40.5 Å². The predicted molar refractivity (Wildman–Crippen MR) is 111 cm³/mol. The van der Waals surface area contributed by atoms with Crippen LogP contribution in [0.25, 0.3) is 0 Å². The highest BCUT2D eigenvalue weighted by Gasteiger charge is 2.52. The lowest BCUT2D eigenvalue weighted by atomic mass is 9.77. The molecule has 3 aliphatic rings. The molecule has 0 radical (unpaired) electrons. The van der Waals surface area contributed by atoms with Crippen LogP contribution in [0.3, 0.4) is 0 Å². The molecule has 7 heteroatoms. The minimum absolute atomic E-state index is 0.0227. The first-order valence-corrected chi connectivity index (χ1v) is 11.8. The molecule has 1 aliphatic carbocycles. The van der Waals surface area contributed by atoms with Crippen LogP contribution in [0.5, 0.6) is 0 Å². The molecule has 1 spiro atoms. The highest BCUT2D eigenvalue weighted by Crippen LogP contribution is 2.41. The summed E-state index contributed by atoms with van der Waals surface area (Å²) in [6, 6.07) is 6.33. The molecule has 4 heterocycles. The summed E-state index contributed by atoms with van der Waals surface area (Å²) in [5.74, 6) is 0.608. The van der Waals surface area contributed by atoms with Crippen molar-refractivity contribution in [3.63, 3.8) is 0 Å². The fraction of sp³-hybridized carbons (Fsp3) is 0.524. The number of amides is 3. The number of thiophene rings is 2. The van der Waals surface area contributed by atoms with E-state index in [2.05, 4.69) is 46.1 Å². The van der Waals surface area contributed by atoms with Gasteiger partial charge in [-0.25, -0.2) is 9.69 Å². The van der Waals surface area contributed by atoms with Crippen LogP contribution < -0.4 is 5.32 Å². The van der Waals surface area contributed by atoms with E-state index in [9.17, 15) is 9.59 Å². The Morgan fingerprint density at radius 3 is 2.75 bits per heavy atom. The summed E-state index contributed by atoms with van der Waals surface area (Å²) in [6.07, 6.45) is 4.50. The zero-order chi connectivity index (χ0) is 19.3. The summed E-state index contributed by atoms with van der Waals surface area (Å²) in [7, 11) is 0. The monoisotopic (exact) mass is 415 g/mol. The van der Waals surface area contributed by atoms with Crippen molar-refractivity contribution < 1.29 is 9.59 Å². The van der Waals surface area contributed by atoms with Crippen LogP contribution in [0.2, 0.25) is 0 Å². The molecule has 0 aromatic carbocycles. The molecule has 28 heavy (non-hydrogen) atoms. The standard InChI is InChI=1S/C21H25N3O2S2/c1-14-4-8-21(9-5-14)19(25)24(20(26)22-21)13-23-10-6-16-15(7-12-28-16)18(23)17-3-2-11-27-17/h2-3,7,11-12,14,18H,4-6,8-10,13H2,1H3,(H,22,26)/t14?,18-,21?/m0/s1. The molecule has 2 fully saturated rings. The molecule has 1 saturated heterocycles. The fourth-order valence-corrected chi connectivity index (χ4v) is 6.66. The summed E-state index contributed by atoms with van der Waals surface area (Å²) >= 11 is 3.55. The predicted octanol–water partition coefficient (Wildman–Crippen LogP) is 4.22. The molecule has 2 aliphatic heterocycles. The first-order valence-electron chi connectivity index (χ1n) is 10.1. The molecule has 2 aromatic rings. The number of imide groups is 1. The van der Waals surface area contributed by atoms with Crippen LogP contribution in [0.1, 0.15) is 54.0 Å². The van der Waals surface area contributed by atoms with Gasteiger partial charge in [0.15, 0.2) is 0 Å². The van der Waals surface area contributed by atoms with Gasteiger partial charge in [-0.3, -0.25) is 9.69 Å². The average Bonchev–Trinajstić information content (AvgIpc) is 3.42. The van der Waals surface area contributed by atoms with Crippen molar-refractivity contribution in [1.82, 2.24) is 15.1 Å². The summed E-state index contributed by atoms with van der Waals surface area (Å²) in [5.41, 5.74) is 0.665. The second kappa shape index (κ2) is 6.97. The van der Waals surface area contributed by atoms with Crippen LogP contribution in [0.15, 0.2) is 29.0 Å². The third-order valence-electron chi connectivity index (χ3n) is 6.58. The van der Waals surface area contributed by atoms with E-state index in [1.165, 1.54) is 20.2 Å². The molecule has 1 atom stereocenters. The maximum absolute atomic E-state index is 13.3. The van der Waals surface area contributed by atoms with Gasteiger partial charge in [0, 0.05) is 16.3 Å². The number of rotatable bonds is 3. The molecule has 148 valence electrons. The van der Waals surface area contributed by atoms with Crippen molar-refractivity contribution >= 4 is 34.6 Å². The Morgan fingerprint density at radius 2 is 2.00 bits per heavy atom. The molecular formula is C21H25N3O2S2. The van der Waals surface area contributed by atoms with E-state index >= 15 is 0 Å². The van der Waals surface area contributed by atoms with Gasteiger partial charge in [-0.05, 0) is 66.5 Å². The maximum Gasteiger partial charge on any atom is 0.326 e. The molecular weight excluding hydrogens is 390 g/mol. The van der Waals surface area contributed by atoms with Crippen LogP contribution in [0.4, 0.5) is 4.79 Å². The molecule has 5 rings (SSSR count). The van der Waals surface area contributed by atoms with Gasteiger partial charge >= 0.3 is 6.03 Å². The molecule has 5 nitrogen and oxygen atoms in total. The van der Waals surface area contributed by atoms with Crippen molar-refractivity contribution in [3.8, 4) is 0 Å². The quantitative estimate of drug-likeness (QED) is 0.764. The summed E-state index contributed by atoms with van der Waals surface area (Å²) < 4.78 is 0. The summed E-state index contributed by atoms with van der Waals surface area (Å²) in [5, 5.41) is 7.31. The van der Waals surface area contributed by atoms with Gasteiger partial charge in [-0.15, -0.1) is 22.7 Å². The van der Waals surface area contributed by atoms with Crippen molar-refractivity contribution in [2.75, 3.05) is 13.2 Å². The second-order valence-electron chi connectivity index (χ2n) is 8.35. The highest BCUT2D eigenvalue weighted by atomic mass is 32.1. The smallest absolute Gasteiger partial charge is 0.323 e. The topological polar surface area (TPSA) is 52.7 Å². The minimum atomic E-state index is -0.661. The molecule has 2 aromatic heterocycles. The van der Waals surface area contributed by atoms with Gasteiger partial charge < -0.3 is 5.32 Å². The van der Waals surface area contributed by atoms with E-state index in [1.807, 2.05) is 11.3 Å². The Morgan fingerprint density at radius 1 is 1.18 bits per heavy atom. The molecule has 3 amide bonds. The highest BCUT2D eigenvalue weighted by molar-refractivity contribution is 7.10. The number of fused-ring (bicyclic) bond motifs is 1. The number of carbonyl (C=O) groups is 2. The number of nitrogens with zero attached hydrogens (tertiary/aromatic N) is 2. The van der Waals surface area contributed by atoms with E-state index < -0.39 is 5.54 Å². The fourth-order valence-electron chi connectivity index (χ4n) is 4.88. The lowest BCUT2D eigenvalue weighted by Crippen LogP contribution is -2.50. The van der Waals surface area contributed by atoms with Gasteiger partial charge in [0.2, 0.25) is 0 Å². The third kappa shape index (κ3) is 2.91. The van der Waals surface area contributed by atoms with Gasteiger partial charge in [-0.1, -0.05) is 13.0 Å². The van der Waals surface area contributed by atoms with Crippen LogP contribution in [-0.2, 0) is 11.2 Å². The van der Waals surface area contributed by atoms with Crippen LogP contribution >= 0.6 is 22.7 Å².